The van der Waals surface area contributed by atoms with Crippen molar-refractivity contribution in [1.29, 1.82) is 0 Å². The van der Waals surface area contributed by atoms with Crippen molar-refractivity contribution >= 4 is 17.5 Å². The molecular weight excluding hydrogens is 246 g/mol. The van der Waals surface area contributed by atoms with Crippen LogP contribution in [0.2, 0.25) is 0 Å². The van der Waals surface area contributed by atoms with E-state index in [1.54, 1.807) is 38.4 Å². The first-order valence-electron chi connectivity index (χ1n) is 5.94. The Hall–Kier alpha value is -1.92. The molecule has 0 heterocycles. The summed E-state index contributed by atoms with van der Waals surface area (Å²) >= 11 is 0. The quantitative estimate of drug-likeness (QED) is 0.725. The number of rotatable bonds is 6. The van der Waals surface area contributed by atoms with E-state index in [1.807, 2.05) is 0 Å². The Morgan fingerprint density at radius 1 is 1.26 bits per heavy atom. The Morgan fingerprint density at radius 3 is 2.42 bits per heavy atom. The fourth-order valence-electron chi connectivity index (χ4n) is 1.40. The van der Waals surface area contributed by atoms with Crippen molar-refractivity contribution < 1.29 is 14.3 Å². The second kappa shape index (κ2) is 7.50. The van der Waals surface area contributed by atoms with E-state index in [1.165, 1.54) is 4.90 Å². The van der Waals surface area contributed by atoms with Crippen molar-refractivity contribution in [3.63, 3.8) is 0 Å². The topological polar surface area (TPSA) is 84.7 Å². The Morgan fingerprint density at radius 2 is 1.89 bits per heavy atom. The van der Waals surface area contributed by atoms with E-state index in [0.717, 1.165) is 0 Å². The summed E-state index contributed by atoms with van der Waals surface area (Å²) in [7, 11) is 3.37. The fraction of sp³-hybridized carbons (Fsp3) is 0.385. The lowest BCUT2D eigenvalue weighted by molar-refractivity contribution is -0.120. The highest BCUT2D eigenvalue weighted by molar-refractivity contribution is 5.95. The smallest absolute Gasteiger partial charge is 0.253 e. The number of nitrogens with zero attached hydrogens (tertiary/aromatic N) is 1. The first kappa shape index (κ1) is 15.1. The Kier molecular flexibility index (Phi) is 5.98. The highest BCUT2D eigenvalue weighted by Crippen LogP contribution is 2.10. The average Bonchev–Trinajstić information content (AvgIpc) is 2.39. The van der Waals surface area contributed by atoms with Crippen molar-refractivity contribution in [3.8, 4) is 0 Å². The molecule has 0 fully saturated rings. The predicted octanol–water partition coefficient (Wildman–Crippen LogP) is 0.302. The molecular formula is C13H19N3O3. The number of nitrogens with one attached hydrogen (secondary N) is 1. The van der Waals surface area contributed by atoms with Gasteiger partial charge in [0.2, 0.25) is 5.91 Å². The summed E-state index contributed by atoms with van der Waals surface area (Å²) in [5.41, 5.74) is 6.44. The third-order valence-electron chi connectivity index (χ3n) is 2.32. The van der Waals surface area contributed by atoms with Crippen LogP contribution in [-0.2, 0) is 9.53 Å². The van der Waals surface area contributed by atoms with Crippen LogP contribution in [0, 0.1) is 0 Å². The molecule has 6 heteroatoms. The molecule has 1 aromatic rings. The molecule has 0 aliphatic carbocycles. The molecule has 19 heavy (non-hydrogen) atoms. The monoisotopic (exact) mass is 265 g/mol. The van der Waals surface area contributed by atoms with Gasteiger partial charge in [-0.25, -0.2) is 0 Å². The first-order chi connectivity index (χ1) is 9.04. The lowest BCUT2D eigenvalue weighted by Crippen LogP contribution is -2.22. The van der Waals surface area contributed by atoms with Gasteiger partial charge in [0.05, 0.1) is 6.61 Å². The van der Waals surface area contributed by atoms with E-state index in [4.69, 9.17) is 10.5 Å². The van der Waals surface area contributed by atoms with Crippen LogP contribution in [0.4, 0.5) is 5.69 Å². The number of hydrogen-bond acceptors (Lipinski definition) is 4. The standard InChI is InChI=1S/C13H19N3O3/c1-16(2)13(18)10-3-5-11(6-4-10)15-12(17)9-19-8-7-14/h3-6H,7-9,14H2,1-2H3,(H,15,17). The first-order valence-corrected chi connectivity index (χ1v) is 5.94. The summed E-state index contributed by atoms with van der Waals surface area (Å²) in [6, 6.07) is 6.69. The molecule has 0 radical (unpaired) electrons. The molecule has 0 unspecified atom stereocenters. The van der Waals surface area contributed by atoms with Gasteiger partial charge in [-0.15, -0.1) is 0 Å². The summed E-state index contributed by atoms with van der Waals surface area (Å²) in [4.78, 5) is 24.6. The number of hydrogen-bond donors (Lipinski definition) is 2. The Labute approximate surface area is 112 Å². The van der Waals surface area contributed by atoms with Gasteiger partial charge in [-0.3, -0.25) is 9.59 Å². The summed E-state index contributed by atoms with van der Waals surface area (Å²) < 4.78 is 5.01. The summed E-state index contributed by atoms with van der Waals surface area (Å²) in [6.07, 6.45) is 0. The number of nitrogens with two attached hydrogens (primary N) is 1. The number of ether oxygens (including phenoxy) is 1. The molecule has 0 atom stereocenters. The highest BCUT2D eigenvalue weighted by atomic mass is 16.5. The van der Waals surface area contributed by atoms with Crippen molar-refractivity contribution in [1.82, 2.24) is 4.90 Å². The van der Waals surface area contributed by atoms with Gasteiger partial charge in [-0.05, 0) is 24.3 Å². The van der Waals surface area contributed by atoms with Gasteiger partial charge in [-0.2, -0.15) is 0 Å². The van der Waals surface area contributed by atoms with Crippen LogP contribution in [-0.4, -0.2) is 50.6 Å². The van der Waals surface area contributed by atoms with E-state index in [-0.39, 0.29) is 18.4 Å². The summed E-state index contributed by atoms with van der Waals surface area (Å²) in [6.45, 7) is 0.702. The normalized spacial score (nSPS) is 10.1. The lowest BCUT2D eigenvalue weighted by atomic mass is 10.2. The lowest BCUT2D eigenvalue weighted by Gasteiger charge is -2.11. The van der Waals surface area contributed by atoms with Crippen LogP contribution in [0.1, 0.15) is 10.4 Å². The van der Waals surface area contributed by atoms with Crippen LogP contribution in [0.5, 0.6) is 0 Å². The van der Waals surface area contributed by atoms with Gasteiger partial charge in [0.25, 0.3) is 5.91 Å². The van der Waals surface area contributed by atoms with Crippen LogP contribution in [0.15, 0.2) is 24.3 Å². The van der Waals surface area contributed by atoms with Crippen molar-refractivity contribution in [3.05, 3.63) is 29.8 Å². The maximum atomic E-state index is 11.7. The van der Waals surface area contributed by atoms with E-state index >= 15 is 0 Å². The molecule has 0 spiro atoms. The molecule has 0 saturated heterocycles. The SMILES string of the molecule is CN(C)C(=O)c1ccc(NC(=O)COCCN)cc1. The molecule has 0 aliphatic heterocycles. The molecule has 1 aromatic carbocycles. The number of carbonyl (C=O) groups is 2. The summed E-state index contributed by atoms with van der Waals surface area (Å²) in [5, 5.41) is 2.67. The average molecular weight is 265 g/mol. The van der Waals surface area contributed by atoms with E-state index in [9.17, 15) is 9.59 Å². The van der Waals surface area contributed by atoms with Gasteiger partial charge in [0.1, 0.15) is 6.61 Å². The summed E-state index contributed by atoms with van der Waals surface area (Å²) in [5.74, 6) is -0.329. The largest absolute Gasteiger partial charge is 0.370 e. The molecule has 104 valence electrons. The Balaban J connectivity index is 2.52. The van der Waals surface area contributed by atoms with Crippen LogP contribution >= 0.6 is 0 Å². The maximum absolute atomic E-state index is 11.7. The second-order valence-corrected chi connectivity index (χ2v) is 4.17. The number of carbonyl (C=O) groups excluding carboxylic acids is 2. The van der Waals surface area contributed by atoms with Crippen LogP contribution in [0.25, 0.3) is 0 Å². The van der Waals surface area contributed by atoms with Gasteiger partial charge in [-0.1, -0.05) is 0 Å². The van der Waals surface area contributed by atoms with Crippen molar-refractivity contribution in [2.75, 3.05) is 39.2 Å². The van der Waals surface area contributed by atoms with Crippen LogP contribution in [0.3, 0.4) is 0 Å². The second-order valence-electron chi connectivity index (χ2n) is 4.17. The molecule has 0 saturated carbocycles. The third-order valence-corrected chi connectivity index (χ3v) is 2.32. The minimum Gasteiger partial charge on any atom is -0.370 e. The predicted molar refractivity (Wildman–Crippen MR) is 73.0 cm³/mol. The van der Waals surface area contributed by atoms with Crippen LogP contribution < -0.4 is 11.1 Å². The fourth-order valence-corrected chi connectivity index (χ4v) is 1.40. The number of benzene rings is 1. The molecule has 1 rings (SSSR count). The van der Waals surface area contributed by atoms with E-state index in [0.29, 0.717) is 24.4 Å². The van der Waals surface area contributed by atoms with Gasteiger partial charge >= 0.3 is 0 Å². The minimum absolute atomic E-state index is 0.0322. The molecule has 0 aliphatic rings. The Bertz CT molecular complexity index is 429. The van der Waals surface area contributed by atoms with Gasteiger partial charge in [0, 0.05) is 31.9 Å². The number of anilines is 1. The van der Waals surface area contributed by atoms with Crippen molar-refractivity contribution in [2.24, 2.45) is 5.73 Å². The van der Waals surface area contributed by atoms with E-state index in [2.05, 4.69) is 5.32 Å². The zero-order valence-corrected chi connectivity index (χ0v) is 11.2. The molecule has 6 nitrogen and oxygen atoms in total. The third kappa shape index (κ3) is 5.07. The van der Waals surface area contributed by atoms with Crippen molar-refractivity contribution in [2.45, 2.75) is 0 Å². The number of amides is 2. The molecule has 2 amide bonds. The van der Waals surface area contributed by atoms with E-state index < -0.39 is 0 Å². The van der Waals surface area contributed by atoms with Gasteiger partial charge in [0.15, 0.2) is 0 Å². The molecule has 3 N–H and O–H groups in total. The zero-order valence-electron chi connectivity index (χ0n) is 11.2. The molecule has 0 aromatic heterocycles. The zero-order chi connectivity index (χ0) is 14.3. The molecule has 0 bridgehead atoms. The minimum atomic E-state index is -0.250. The maximum Gasteiger partial charge on any atom is 0.253 e. The highest BCUT2D eigenvalue weighted by Gasteiger charge is 2.08. The van der Waals surface area contributed by atoms with Gasteiger partial charge < -0.3 is 20.7 Å².